The van der Waals surface area contributed by atoms with E-state index in [0.29, 0.717) is 29.4 Å². The van der Waals surface area contributed by atoms with Gasteiger partial charge in [0.05, 0.1) is 6.10 Å². The number of aliphatic hydroxyl groups is 1. The number of aromatic hydroxyl groups is 1. The number of hydrogen-bond donors (Lipinski definition) is 2. The molecule has 2 N–H and O–H groups in total. The summed E-state index contributed by atoms with van der Waals surface area (Å²) in [6, 6.07) is 5.96. The second kappa shape index (κ2) is 4.98. The van der Waals surface area contributed by atoms with E-state index in [1.807, 2.05) is 12.1 Å². The molecule has 1 aromatic carbocycles. The van der Waals surface area contributed by atoms with E-state index in [0.717, 1.165) is 25.7 Å². The van der Waals surface area contributed by atoms with Crippen molar-refractivity contribution in [3.8, 4) is 5.75 Å². The van der Waals surface area contributed by atoms with E-state index in [-0.39, 0.29) is 16.3 Å². The van der Waals surface area contributed by atoms with Crippen molar-refractivity contribution in [2.45, 2.75) is 56.4 Å². The van der Waals surface area contributed by atoms with E-state index < -0.39 is 0 Å². The summed E-state index contributed by atoms with van der Waals surface area (Å²) >= 11 is 3.72. The quantitative estimate of drug-likeness (QED) is 0.676. The molecule has 2 nitrogen and oxygen atoms in total. The fourth-order valence-corrected chi connectivity index (χ4v) is 6.92. The molecule has 7 atom stereocenters. The second-order valence-electron chi connectivity index (χ2n) is 8.10. The molecule has 0 aromatic heterocycles. The molecule has 0 bridgehead atoms. The minimum Gasteiger partial charge on any atom is -0.508 e. The molecule has 0 amide bonds. The maximum absolute atomic E-state index is 10.7. The number of alkyl halides is 1. The highest BCUT2D eigenvalue weighted by atomic mass is 79.9. The van der Waals surface area contributed by atoms with E-state index in [1.165, 1.54) is 11.1 Å². The Morgan fingerprint density at radius 3 is 2.86 bits per heavy atom. The zero-order valence-electron chi connectivity index (χ0n) is 13.3. The van der Waals surface area contributed by atoms with Crippen molar-refractivity contribution < 1.29 is 10.2 Å². The number of fused-ring (bicyclic) bond motifs is 5. The van der Waals surface area contributed by atoms with E-state index in [4.69, 9.17) is 0 Å². The second-order valence-corrected chi connectivity index (χ2v) is 9.27. The van der Waals surface area contributed by atoms with E-state index in [9.17, 15) is 10.2 Å². The molecule has 0 saturated heterocycles. The lowest BCUT2D eigenvalue weighted by atomic mass is 9.53. The van der Waals surface area contributed by atoms with Crippen molar-refractivity contribution in [3.63, 3.8) is 0 Å². The number of hydrogen-bond acceptors (Lipinski definition) is 2. The predicted octanol–water partition coefficient (Wildman–Crippen LogP) is 4.23. The van der Waals surface area contributed by atoms with Gasteiger partial charge < -0.3 is 10.2 Å². The largest absolute Gasteiger partial charge is 0.508 e. The minimum absolute atomic E-state index is 0.0675. The third-order valence-corrected chi connectivity index (χ3v) is 7.87. The van der Waals surface area contributed by atoms with Crippen LogP contribution < -0.4 is 0 Å². The van der Waals surface area contributed by atoms with Crippen LogP contribution in [-0.2, 0) is 6.42 Å². The molecule has 4 rings (SSSR count). The molecule has 3 heteroatoms. The standard InChI is InChI=1S/C19H25BrO2/c1-10-7-11-8-12(21)3-4-13(11)14-5-6-19(2)15(17(10)14)9-16(20)18(19)22/h3-4,8,10,14-18,21-22H,5-7,9H2,1-2H3/t10-,14-,15+,16-,17-,18-,19+/m1/s1. The molecule has 22 heavy (non-hydrogen) atoms. The molecule has 3 aliphatic carbocycles. The zero-order chi connectivity index (χ0) is 15.6. The van der Waals surface area contributed by atoms with Gasteiger partial charge in [-0.15, -0.1) is 0 Å². The highest BCUT2D eigenvalue weighted by Gasteiger charge is 2.58. The summed E-state index contributed by atoms with van der Waals surface area (Å²) in [5, 5.41) is 20.5. The van der Waals surface area contributed by atoms with Gasteiger partial charge in [0.2, 0.25) is 0 Å². The number of halogens is 1. The van der Waals surface area contributed by atoms with Gasteiger partial charge in [-0.1, -0.05) is 35.8 Å². The molecule has 0 spiro atoms. The molecule has 0 aliphatic heterocycles. The van der Waals surface area contributed by atoms with Gasteiger partial charge in [0, 0.05) is 4.83 Å². The Hall–Kier alpha value is -0.540. The summed E-state index contributed by atoms with van der Waals surface area (Å²) in [4.78, 5) is 0.245. The summed E-state index contributed by atoms with van der Waals surface area (Å²) < 4.78 is 0. The monoisotopic (exact) mass is 364 g/mol. The van der Waals surface area contributed by atoms with Crippen molar-refractivity contribution in [1.82, 2.24) is 0 Å². The van der Waals surface area contributed by atoms with Gasteiger partial charge in [-0.2, -0.15) is 0 Å². The van der Waals surface area contributed by atoms with Crippen LogP contribution in [0.25, 0.3) is 0 Å². The summed E-state index contributed by atoms with van der Waals surface area (Å²) in [6.07, 6.45) is 4.20. The minimum atomic E-state index is -0.216. The molecular formula is C19H25BrO2. The Morgan fingerprint density at radius 1 is 1.32 bits per heavy atom. The van der Waals surface area contributed by atoms with Gasteiger partial charge in [0.15, 0.2) is 0 Å². The summed E-state index contributed by atoms with van der Waals surface area (Å²) in [5.41, 5.74) is 2.86. The van der Waals surface area contributed by atoms with Crippen LogP contribution >= 0.6 is 15.9 Å². The lowest BCUT2D eigenvalue weighted by Gasteiger charge is -2.52. The number of aliphatic hydroxyl groups excluding tert-OH is 1. The highest BCUT2D eigenvalue weighted by Crippen LogP contribution is 2.63. The normalized spacial score (nSPS) is 46.7. The molecule has 120 valence electrons. The lowest BCUT2D eigenvalue weighted by Crippen LogP contribution is -2.47. The maximum Gasteiger partial charge on any atom is 0.115 e. The third-order valence-electron chi connectivity index (χ3n) is 6.99. The van der Waals surface area contributed by atoms with E-state index in [2.05, 4.69) is 35.8 Å². The van der Waals surface area contributed by atoms with Crippen molar-refractivity contribution in [2.75, 3.05) is 0 Å². The third kappa shape index (κ3) is 1.94. The van der Waals surface area contributed by atoms with Crippen LogP contribution in [0.15, 0.2) is 18.2 Å². The Labute approximate surface area is 141 Å². The Balaban J connectivity index is 1.76. The van der Waals surface area contributed by atoms with Crippen molar-refractivity contribution in [2.24, 2.45) is 23.2 Å². The van der Waals surface area contributed by atoms with Crippen molar-refractivity contribution in [1.29, 1.82) is 0 Å². The molecule has 1 aromatic rings. The summed E-state index contributed by atoms with van der Waals surface area (Å²) in [6.45, 7) is 4.67. The highest BCUT2D eigenvalue weighted by molar-refractivity contribution is 9.09. The number of benzene rings is 1. The zero-order valence-corrected chi connectivity index (χ0v) is 14.9. The van der Waals surface area contributed by atoms with Crippen LogP contribution in [-0.4, -0.2) is 21.1 Å². The first-order chi connectivity index (χ1) is 10.4. The topological polar surface area (TPSA) is 40.5 Å². The van der Waals surface area contributed by atoms with Crippen LogP contribution in [0.4, 0.5) is 0 Å². The lowest BCUT2D eigenvalue weighted by molar-refractivity contribution is -0.0346. The molecule has 3 aliphatic rings. The maximum atomic E-state index is 10.7. The van der Waals surface area contributed by atoms with Crippen LogP contribution in [0.3, 0.4) is 0 Å². The first-order valence-corrected chi connectivity index (χ1v) is 9.47. The Bertz CT molecular complexity index is 601. The molecule has 2 saturated carbocycles. The first-order valence-electron chi connectivity index (χ1n) is 8.55. The van der Waals surface area contributed by atoms with Gasteiger partial charge in [-0.3, -0.25) is 0 Å². The molecule has 2 fully saturated rings. The van der Waals surface area contributed by atoms with Crippen molar-refractivity contribution in [3.05, 3.63) is 29.3 Å². The van der Waals surface area contributed by atoms with Gasteiger partial charge in [-0.05, 0) is 78.0 Å². The van der Waals surface area contributed by atoms with Gasteiger partial charge >= 0.3 is 0 Å². The fraction of sp³-hybridized carbons (Fsp3) is 0.684. The molecule has 0 radical (unpaired) electrons. The Kier molecular flexibility index (Phi) is 3.40. The summed E-state index contributed by atoms with van der Waals surface area (Å²) in [7, 11) is 0. The first kappa shape index (κ1) is 15.0. The van der Waals surface area contributed by atoms with Gasteiger partial charge in [0.25, 0.3) is 0 Å². The SMILES string of the molecule is C[C@@H]1Cc2cc(O)ccc2[C@H]2CC[C@]3(C)[C@H](O)[C@H](Br)C[C@H]3[C@H]12. The van der Waals surface area contributed by atoms with Crippen LogP contribution in [0, 0.1) is 23.2 Å². The van der Waals surface area contributed by atoms with Gasteiger partial charge in [0.1, 0.15) is 5.75 Å². The number of phenols is 1. The average molecular weight is 365 g/mol. The Morgan fingerprint density at radius 2 is 2.09 bits per heavy atom. The number of rotatable bonds is 0. The van der Waals surface area contributed by atoms with Crippen LogP contribution in [0.5, 0.6) is 5.75 Å². The smallest absolute Gasteiger partial charge is 0.115 e. The van der Waals surface area contributed by atoms with Crippen LogP contribution in [0.1, 0.15) is 50.2 Å². The molecule has 0 unspecified atom stereocenters. The summed E-state index contributed by atoms with van der Waals surface area (Å²) in [5.74, 6) is 2.87. The average Bonchev–Trinajstić information content (AvgIpc) is 2.70. The van der Waals surface area contributed by atoms with E-state index in [1.54, 1.807) is 0 Å². The predicted molar refractivity (Wildman–Crippen MR) is 91.4 cm³/mol. The van der Waals surface area contributed by atoms with Gasteiger partial charge in [-0.25, -0.2) is 0 Å². The van der Waals surface area contributed by atoms with Crippen LogP contribution in [0.2, 0.25) is 0 Å². The molecular weight excluding hydrogens is 340 g/mol. The molecule has 0 heterocycles. The van der Waals surface area contributed by atoms with Crippen molar-refractivity contribution >= 4 is 15.9 Å². The number of phenolic OH excluding ortho intramolecular Hbond substituents is 1. The van der Waals surface area contributed by atoms with E-state index >= 15 is 0 Å². The fourth-order valence-electron chi connectivity index (χ4n) is 5.91.